The van der Waals surface area contributed by atoms with Gasteiger partial charge in [0.05, 0.1) is 0 Å². The number of halogens is 2. The predicted molar refractivity (Wildman–Crippen MR) is 84.8 cm³/mol. The largest absolute Gasteiger partial charge is 0.481 e. The van der Waals surface area contributed by atoms with Crippen molar-refractivity contribution >= 4 is 29.1 Å². The van der Waals surface area contributed by atoms with Crippen LogP contribution in [-0.4, -0.2) is 12.0 Å². The molecule has 0 saturated carbocycles. The fraction of sp³-hybridized carbons (Fsp3) is 0.188. The summed E-state index contributed by atoms with van der Waals surface area (Å²) in [6.45, 7) is 2.03. The van der Waals surface area contributed by atoms with Crippen LogP contribution in [0.15, 0.2) is 48.5 Å². The van der Waals surface area contributed by atoms with E-state index in [0.29, 0.717) is 22.3 Å². The van der Waals surface area contributed by atoms with E-state index in [2.05, 4.69) is 5.32 Å². The number of nitrogens with one attached hydrogen (secondary N) is 1. The summed E-state index contributed by atoms with van der Waals surface area (Å²) < 4.78 is 5.55. The van der Waals surface area contributed by atoms with E-state index in [1.165, 1.54) is 0 Å². The summed E-state index contributed by atoms with van der Waals surface area (Å²) in [6.07, 6.45) is -0.585. The van der Waals surface area contributed by atoms with Crippen LogP contribution in [0, 0.1) is 0 Å². The topological polar surface area (TPSA) is 38.3 Å². The van der Waals surface area contributed by atoms with Gasteiger partial charge in [-0.15, -0.1) is 0 Å². The van der Waals surface area contributed by atoms with Crippen LogP contribution < -0.4 is 10.1 Å². The maximum atomic E-state index is 12.0. The van der Waals surface area contributed by atoms with E-state index in [1.807, 2.05) is 18.2 Å². The van der Waals surface area contributed by atoms with Crippen molar-refractivity contribution in [2.24, 2.45) is 0 Å². The van der Waals surface area contributed by atoms with Crippen LogP contribution >= 0.6 is 23.2 Å². The van der Waals surface area contributed by atoms with E-state index in [4.69, 9.17) is 27.9 Å². The van der Waals surface area contributed by atoms with Gasteiger partial charge in [0.2, 0.25) is 0 Å². The van der Waals surface area contributed by atoms with Gasteiger partial charge in [0, 0.05) is 16.6 Å². The number of ether oxygens (including phenoxy) is 1. The standard InChI is InChI=1S/C16H15Cl2NO2/c1-11(21-14-5-3-2-4-6-14)16(20)19-10-12-7-8-13(17)9-15(12)18/h2-9,11H,10H2,1H3,(H,19,20)/t11-/m1/s1. The van der Waals surface area contributed by atoms with E-state index in [-0.39, 0.29) is 5.91 Å². The second-order valence-corrected chi connectivity index (χ2v) is 5.37. The van der Waals surface area contributed by atoms with Gasteiger partial charge in [0.1, 0.15) is 5.75 Å². The first-order chi connectivity index (χ1) is 10.1. The molecule has 0 aromatic heterocycles. The molecule has 1 atom stereocenters. The van der Waals surface area contributed by atoms with Crippen LogP contribution in [-0.2, 0) is 11.3 Å². The SMILES string of the molecule is C[C@@H](Oc1ccccc1)C(=O)NCc1ccc(Cl)cc1Cl. The Hall–Kier alpha value is -1.71. The van der Waals surface area contributed by atoms with Gasteiger partial charge in [-0.05, 0) is 36.8 Å². The molecular weight excluding hydrogens is 309 g/mol. The third-order valence-electron chi connectivity index (χ3n) is 2.89. The zero-order valence-electron chi connectivity index (χ0n) is 11.5. The first-order valence-electron chi connectivity index (χ1n) is 6.49. The van der Waals surface area contributed by atoms with Crippen LogP contribution in [0.25, 0.3) is 0 Å². The molecular formula is C16H15Cl2NO2. The number of hydrogen-bond acceptors (Lipinski definition) is 2. The molecule has 110 valence electrons. The molecule has 0 saturated heterocycles. The van der Waals surface area contributed by atoms with E-state index < -0.39 is 6.10 Å². The molecule has 0 fully saturated rings. The van der Waals surface area contributed by atoms with E-state index in [0.717, 1.165) is 5.56 Å². The quantitative estimate of drug-likeness (QED) is 0.900. The minimum Gasteiger partial charge on any atom is -0.481 e. The van der Waals surface area contributed by atoms with E-state index in [1.54, 1.807) is 37.3 Å². The zero-order valence-corrected chi connectivity index (χ0v) is 13.0. The van der Waals surface area contributed by atoms with E-state index in [9.17, 15) is 4.79 Å². The van der Waals surface area contributed by atoms with Gasteiger partial charge in [-0.25, -0.2) is 0 Å². The summed E-state index contributed by atoms with van der Waals surface area (Å²) in [5.74, 6) is 0.453. The Labute approximate surface area is 133 Å². The Morgan fingerprint density at radius 2 is 1.90 bits per heavy atom. The number of rotatable bonds is 5. The zero-order chi connectivity index (χ0) is 15.2. The molecule has 21 heavy (non-hydrogen) atoms. The Bertz CT molecular complexity index is 617. The average molecular weight is 324 g/mol. The first-order valence-corrected chi connectivity index (χ1v) is 7.25. The minimum absolute atomic E-state index is 0.204. The third kappa shape index (κ3) is 4.66. The van der Waals surface area contributed by atoms with Crippen LogP contribution in [0.5, 0.6) is 5.75 Å². The number of hydrogen-bond donors (Lipinski definition) is 1. The lowest BCUT2D eigenvalue weighted by Gasteiger charge is -2.15. The average Bonchev–Trinajstić information content (AvgIpc) is 2.47. The number of para-hydroxylation sites is 1. The molecule has 2 rings (SSSR count). The smallest absolute Gasteiger partial charge is 0.261 e. The first kappa shape index (κ1) is 15.7. The van der Waals surface area contributed by atoms with Gasteiger partial charge in [-0.2, -0.15) is 0 Å². The summed E-state index contributed by atoms with van der Waals surface area (Å²) >= 11 is 11.9. The van der Waals surface area contributed by atoms with Crippen molar-refractivity contribution in [2.45, 2.75) is 19.6 Å². The number of benzene rings is 2. The van der Waals surface area contributed by atoms with Gasteiger partial charge >= 0.3 is 0 Å². The minimum atomic E-state index is -0.585. The molecule has 0 bridgehead atoms. The molecule has 1 N–H and O–H groups in total. The fourth-order valence-corrected chi connectivity index (χ4v) is 2.22. The van der Waals surface area contributed by atoms with Crippen LogP contribution in [0.1, 0.15) is 12.5 Å². The highest BCUT2D eigenvalue weighted by molar-refractivity contribution is 6.35. The van der Waals surface area contributed by atoms with Crippen molar-refractivity contribution in [3.05, 3.63) is 64.1 Å². The lowest BCUT2D eigenvalue weighted by molar-refractivity contribution is -0.127. The van der Waals surface area contributed by atoms with Gasteiger partial charge in [-0.3, -0.25) is 4.79 Å². The summed E-state index contributed by atoms with van der Waals surface area (Å²) in [7, 11) is 0. The third-order valence-corrected chi connectivity index (χ3v) is 3.48. The van der Waals surface area contributed by atoms with Gasteiger partial charge in [-0.1, -0.05) is 47.5 Å². The van der Waals surface area contributed by atoms with Gasteiger partial charge in [0.25, 0.3) is 5.91 Å². The molecule has 1 amide bonds. The summed E-state index contributed by atoms with van der Waals surface area (Å²) in [6, 6.07) is 14.4. The molecule has 2 aromatic rings. The molecule has 0 aliphatic heterocycles. The number of carbonyl (C=O) groups is 1. The maximum absolute atomic E-state index is 12.0. The van der Waals surface area contributed by atoms with E-state index >= 15 is 0 Å². The van der Waals surface area contributed by atoms with Crippen molar-refractivity contribution in [1.29, 1.82) is 0 Å². The van der Waals surface area contributed by atoms with Gasteiger partial charge in [0.15, 0.2) is 6.10 Å². The predicted octanol–water partition coefficient (Wildman–Crippen LogP) is 4.08. The molecule has 5 heteroatoms. The Kier molecular flexibility index (Phi) is 5.48. The second kappa shape index (κ2) is 7.34. The van der Waals surface area contributed by atoms with Crippen molar-refractivity contribution < 1.29 is 9.53 Å². The lowest BCUT2D eigenvalue weighted by atomic mass is 10.2. The normalized spacial score (nSPS) is 11.8. The maximum Gasteiger partial charge on any atom is 0.261 e. The molecule has 0 aliphatic carbocycles. The number of carbonyl (C=O) groups excluding carboxylic acids is 1. The molecule has 0 heterocycles. The highest BCUT2D eigenvalue weighted by atomic mass is 35.5. The van der Waals surface area contributed by atoms with Crippen molar-refractivity contribution in [3.8, 4) is 5.75 Å². The van der Waals surface area contributed by atoms with Crippen LogP contribution in [0.4, 0.5) is 0 Å². The Morgan fingerprint density at radius 3 is 2.57 bits per heavy atom. The Balaban J connectivity index is 1.89. The fourth-order valence-electron chi connectivity index (χ4n) is 1.75. The van der Waals surface area contributed by atoms with Crippen molar-refractivity contribution in [1.82, 2.24) is 5.32 Å². The lowest BCUT2D eigenvalue weighted by Crippen LogP contribution is -2.35. The highest BCUT2D eigenvalue weighted by Crippen LogP contribution is 2.20. The molecule has 0 unspecified atom stereocenters. The highest BCUT2D eigenvalue weighted by Gasteiger charge is 2.14. The summed E-state index contributed by atoms with van der Waals surface area (Å²) in [5.41, 5.74) is 0.807. The Morgan fingerprint density at radius 1 is 1.19 bits per heavy atom. The molecule has 2 aromatic carbocycles. The monoisotopic (exact) mass is 323 g/mol. The molecule has 3 nitrogen and oxygen atoms in total. The van der Waals surface area contributed by atoms with Crippen LogP contribution in [0.2, 0.25) is 10.0 Å². The van der Waals surface area contributed by atoms with Gasteiger partial charge < -0.3 is 10.1 Å². The molecule has 0 spiro atoms. The number of amides is 1. The molecule has 0 radical (unpaired) electrons. The summed E-state index contributed by atoms with van der Waals surface area (Å²) in [4.78, 5) is 12.0. The second-order valence-electron chi connectivity index (χ2n) is 4.53. The summed E-state index contributed by atoms with van der Waals surface area (Å²) in [5, 5.41) is 3.88. The van der Waals surface area contributed by atoms with Crippen LogP contribution in [0.3, 0.4) is 0 Å². The van der Waals surface area contributed by atoms with Crippen molar-refractivity contribution in [2.75, 3.05) is 0 Å². The van der Waals surface area contributed by atoms with Crippen molar-refractivity contribution in [3.63, 3.8) is 0 Å². The molecule has 0 aliphatic rings.